The van der Waals surface area contributed by atoms with E-state index in [9.17, 15) is 10.1 Å². The van der Waals surface area contributed by atoms with Crippen molar-refractivity contribution in [1.29, 1.82) is 0 Å². The van der Waals surface area contributed by atoms with Gasteiger partial charge in [-0.05, 0) is 30.7 Å². The molecule has 1 aromatic carbocycles. The second-order valence-corrected chi connectivity index (χ2v) is 4.96. The predicted octanol–water partition coefficient (Wildman–Crippen LogP) is 3.10. The van der Waals surface area contributed by atoms with Crippen molar-refractivity contribution in [2.75, 3.05) is 6.26 Å². The molecule has 0 bridgehead atoms. The van der Waals surface area contributed by atoms with Gasteiger partial charge in [0.2, 0.25) is 0 Å². The number of aromatic nitrogens is 1. The molecule has 1 heterocycles. The molecule has 0 unspecified atom stereocenters. The number of rotatable bonds is 4. The number of nitro benzene ring substituents is 1. The number of nitrogens with two attached hydrogens (primary N) is 1. The summed E-state index contributed by atoms with van der Waals surface area (Å²) in [6.45, 7) is 3.81. The van der Waals surface area contributed by atoms with Crippen LogP contribution in [0, 0.1) is 10.1 Å². The molecule has 2 rings (SSSR count). The predicted molar refractivity (Wildman–Crippen MR) is 87.4 cm³/mol. The first kappa shape index (κ1) is 14.9. The molecule has 2 N–H and O–H groups in total. The SMILES string of the molecule is C=C(/N=C(\C=C/N)n1ccc2c([N+](=O)[O-])cccc21)SC. The summed E-state index contributed by atoms with van der Waals surface area (Å²) in [5.41, 5.74) is 6.21. The van der Waals surface area contributed by atoms with E-state index in [0.29, 0.717) is 21.8 Å². The van der Waals surface area contributed by atoms with Crippen LogP contribution in [0.25, 0.3) is 10.9 Å². The highest BCUT2D eigenvalue weighted by atomic mass is 32.2. The summed E-state index contributed by atoms with van der Waals surface area (Å²) in [5.74, 6) is 0.548. The molecule has 0 aliphatic rings. The van der Waals surface area contributed by atoms with Gasteiger partial charge in [-0.25, -0.2) is 4.99 Å². The zero-order chi connectivity index (χ0) is 15.4. The fraction of sp³-hybridized carbons (Fsp3) is 0.0714. The second kappa shape index (κ2) is 6.27. The van der Waals surface area contributed by atoms with Crippen molar-refractivity contribution in [1.82, 2.24) is 4.57 Å². The van der Waals surface area contributed by atoms with Crippen LogP contribution >= 0.6 is 11.8 Å². The van der Waals surface area contributed by atoms with Crippen molar-refractivity contribution in [2.24, 2.45) is 10.7 Å². The van der Waals surface area contributed by atoms with Crippen LogP contribution in [0.4, 0.5) is 5.69 Å². The van der Waals surface area contributed by atoms with Crippen molar-refractivity contribution < 1.29 is 4.92 Å². The normalized spacial score (nSPS) is 12.1. The zero-order valence-corrected chi connectivity index (χ0v) is 12.2. The molecule has 7 heteroatoms. The lowest BCUT2D eigenvalue weighted by atomic mass is 10.2. The molecule has 0 radical (unpaired) electrons. The fourth-order valence-electron chi connectivity index (χ4n) is 1.94. The van der Waals surface area contributed by atoms with E-state index >= 15 is 0 Å². The maximum absolute atomic E-state index is 11.1. The van der Waals surface area contributed by atoms with E-state index in [2.05, 4.69) is 11.6 Å². The minimum Gasteiger partial charge on any atom is -0.404 e. The lowest BCUT2D eigenvalue weighted by molar-refractivity contribution is -0.383. The summed E-state index contributed by atoms with van der Waals surface area (Å²) < 4.78 is 1.74. The topological polar surface area (TPSA) is 86.4 Å². The van der Waals surface area contributed by atoms with Gasteiger partial charge in [0.25, 0.3) is 5.69 Å². The van der Waals surface area contributed by atoms with Crippen molar-refractivity contribution >= 4 is 34.2 Å². The molecule has 0 aliphatic heterocycles. The van der Waals surface area contributed by atoms with Gasteiger partial charge in [-0.2, -0.15) is 0 Å². The summed E-state index contributed by atoms with van der Waals surface area (Å²) in [6.07, 6.45) is 6.59. The number of nitrogens with zero attached hydrogens (tertiary/aromatic N) is 3. The van der Waals surface area contributed by atoms with Gasteiger partial charge in [0, 0.05) is 12.3 Å². The Morgan fingerprint density at radius 1 is 1.52 bits per heavy atom. The summed E-state index contributed by atoms with van der Waals surface area (Å²) in [7, 11) is 0. The molecule has 108 valence electrons. The van der Waals surface area contributed by atoms with Crippen molar-refractivity contribution in [3.05, 3.63) is 64.5 Å². The number of nitro groups is 1. The minimum atomic E-state index is -0.400. The maximum atomic E-state index is 11.1. The van der Waals surface area contributed by atoms with E-state index in [1.807, 2.05) is 6.26 Å². The van der Waals surface area contributed by atoms with Crippen LogP contribution in [-0.4, -0.2) is 21.6 Å². The smallest absolute Gasteiger partial charge is 0.278 e. The molecular formula is C14H14N4O2S. The summed E-state index contributed by atoms with van der Waals surface area (Å²) >= 11 is 1.41. The van der Waals surface area contributed by atoms with E-state index in [0.717, 1.165) is 0 Å². The van der Waals surface area contributed by atoms with Crippen molar-refractivity contribution in [2.45, 2.75) is 0 Å². The average Bonchev–Trinajstić information content (AvgIpc) is 2.90. The Balaban J connectivity index is 2.65. The maximum Gasteiger partial charge on any atom is 0.278 e. The molecule has 0 atom stereocenters. The molecule has 0 saturated heterocycles. The Morgan fingerprint density at radius 3 is 2.90 bits per heavy atom. The Morgan fingerprint density at radius 2 is 2.29 bits per heavy atom. The highest BCUT2D eigenvalue weighted by Gasteiger charge is 2.15. The Labute approximate surface area is 125 Å². The quantitative estimate of drug-likeness (QED) is 0.407. The average molecular weight is 302 g/mol. The van der Waals surface area contributed by atoms with E-state index in [1.54, 1.807) is 35.0 Å². The number of benzene rings is 1. The molecule has 0 amide bonds. The van der Waals surface area contributed by atoms with Gasteiger partial charge in [0.05, 0.1) is 20.9 Å². The molecule has 2 aromatic rings. The van der Waals surface area contributed by atoms with Crippen LogP contribution < -0.4 is 5.73 Å². The van der Waals surface area contributed by atoms with E-state index in [-0.39, 0.29) is 5.69 Å². The van der Waals surface area contributed by atoms with E-state index < -0.39 is 4.92 Å². The molecule has 0 spiro atoms. The summed E-state index contributed by atoms with van der Waals surface area (Å²) in [6, 6.07) is 6.60. The first-order valence-corrected chi connectivity index (χ1v) is 7.25. The van der Waals surface area contributed by atoms with Gasteiger partial charge in [0.15, 0.2) is 0 Å². The highest BCUT2D eigenvalue weighted by molar-refractivity contribution is 8.02. The number of thioether (sulfide) groups is 1. The van der Waals surface area contributed by atoms with Crippen LogP contribution in [0.1, 0.15) is 0 Å². The van der Waals surface area contributed by atoms with Crippen LogP contribution in [0.15, 0.2) is 59.3 Å². The first-order chi connectivity index (χ1) is 10.1. The highest BCUT2D eigenvalue weighted by Crippen LogP contribution is 2.26. The monoisotopic (exact) mass is 302 g/mol. The zero-order valence-electron chi connectivity index (χ0n) is 11.4. The third kappa shape index (κ3) is 2.97. The van der Waals surface area contributed by atoms with Gasteiger partial charge in [0.1, 0.15) is 5.84 Å². The third-order valence-electron chi connectivity index (χ3n) is 2.87. The van der Waals surface area contributed by atoms with Crippen LogP contribution in [0.2, 0.25) is 0 Å². The van der Waals surface area contributed by atoms with Crippen LogP contribution in [-0.2, 0) is 0 Å². The molecule has 0 fully saturated rings. The van der Waals surface area contributed by atoms with Crippen molar-refractivity contribution in [3.8, 4) is 0 Å². The van der Waals surface area contributed by atoms with E-state index in [1.165, 1.54) is 24.0 Å². The van der Waals surface area contributed by atoms with Crippen LogP contribution in [0.3, 0.4) is 0 Å². The third-order valence-corrected chi connectivity index (χ3v) is 3.44. The fourth-order valence-corrected chi connectivity index (χ4v) is 2.13. The van der Waals surface area contributed by atoms with Gasteiger partial charge >= 0.3 is 0 Å². The molecule has 6 nitrogen and oxygen atoms in total. The minimum absolute atomic E-state index is 0.0611. The number of hydrogen-bond acceptors (Lipinski definition) is 5. The number of hydrogen-bond donors (Lipinski definition) is 1. The van der Waals surface area contributed by atoms with Gasteiger partial charge in [-0.3, -0.25) is 10.1 Å². The lowest BCUT2D eigenvalue weighted by Gasteiger charge is -2.06. The van der Waals surface area contributed by atoms with Gasteiger partial charge in [-0.1, -0.05) is 12.6 Å². The summed E-state index contributed by atoms with van der Waals surface area (Å²) in [5, 5.41) is 12.2. The molecule has 1 aromatic heterocycles. The number of fused-ring (bicyclic) bond motifs is 1. The number of non-ortho nitro benzene ring substituents is 1. The molecule has 0 aliphatic carbocycles. The van der Waals surface area contributed by atoms with E-state index in [4.69, 9.17) is 5.73 Å². The standard InChI is InChI=1S/C14H14N4O2S/c1-10(21-2)16-14(6-8-15)17-9-7-11-12(17)4-3-5-13(11)18(19)20/h3-9H,1,15H2,2H3/b8-6-,16-14+. The Bertz CT molecular complexity index is 761. The molecule has 21 heavy (non-hydrogen) atoms. The lowest BCUT2D eigenvalue weighted by Crippen LogP contribution is -2.08. The van der Waals surface area contributed by atoms with Gasteiger partial charge in [-0.15, -0.1) is 11.8 Å². The van der Waals surface area contributed by atoms with Crippen LogP contribution in [0.5, 0.6) is 0 Å². The number of allylic oxidation sites excluding steroid dienone is 1. The second-order valence-electron chi connectivity index (χ2n) is 4.08. The summed E-state index contributed by atoms with van der Waals surface area (Å²) in [4.78, 5) is 15.0. The Hall–Kier alpha value is -2.54. The number of aliphatic imine (C=N–C) groups is 1. The molecule has 0 saturated carbocycles. The Kier molecular flexibility index (Phi) is 4.44. The first-order valence-electron chi connectivity index (χ1n) is 6.03. The van der Waals surface area contributed by atoms with Crippen molar-refractivity contribution in [3.63, 3.8) is 0 Å². The molecular weight excluding hydrogens is 288 g/mol. The largest absolute Gasteiger partial charge is 0.404 e. The van der Waals surface area contributed by atoms with Gasteiger partial charge < -0.3 is 10.3 Å².